The number of nitrogens with one attached hydrogen (secondary N) is 2. The van der Waals surface area contributed by atoms with Crippen molar-refractivity contribution in [3.63, 3.8) is 0 Å². The lowest BCUT2D eigenvalue weighted by Gasteiger charge is -2.13. The first-order valence-corrected chi connectivity index (χ1v) is 8.97. The average molecular weight is 365 g/mol. The van der Waals surface area contributed by atoms with E-state index < -0.39 is 12.8 Å². The van der Waals surface area contributed by atoms with Crippen LogP contribution in [0.5, 0.6) is 0 Å². The maximum atomic E-state index is 11.9. The van der Waals surface area contributed by atoms with Crippen LogP contribution in [0.4, 0.5) is 13.2 Å². The van der Waals surface area contributed by atoms with E-state index in [2.05, 4.69) is 38.7 Å². The number of halogens is 3. The second-order valence-electron chi connectivity index (χ2n) is 5.56. The summed E-state index contributed by atoms with van der Waals surface area (Å²) in [5.74, 6) is 1.11. The summed E-state index contributed by atoms with van der Waals surface area (Å²) < 4.78 is 40.4. The number of aliphatic imine (C=N–C) groups is 1. The van der Waals surface area contributed by atoms with Crippen molar-refractivity contribution in [2.45, 2.75) is 32.9 Å². The van der Waals surface area contributed by atoms with E-state index in [1.54, 1.807) is 11.3 Å². The summed E-state index contributed by atoms with van der Waals surface area (Å²) in [5, 5.41) is 8.31. The van der Waals surface area contributed by atoms with Gasteiger partial charge in [-0.2, -0.15) is 13.2 Å². The molecule has 0 aliphatic heterocycles. The Kier molecular flexibility index (Phi) is 9.78. The summed E-state index contributed by atoms with van der Waals surface area (Å²) in [5.41, 5.74) is 0. The summed E-state index contributed by atoms with van der Waals surface area (Å²) in [7, 11) is 0. The highest BCUT2D eigenvalue weighted by Crippen LogP contribution is 2.15. The first kappa shape index (κ1) is 20.8. The van der Waals surface area contributed by atoms with Crippen molar-refractivity contribution in [2.75, 3.05) is 32.8 Å². The molecule has 2 N–H and O–H groups in total. The van der Waals surface area contributed by atoms with Crippen molar-refractivity contribution in [2.24, 2.45) is 10.9 Å². The van der Waals surface area contributed by atoms with Gasteiger partial charge in [-0.3, -0.25) is 4.99 Å². The molecule has 0 fully saturated rings. The zero-order valence-electron chi connectivity index (χ0n) is 14.2. The number of hydrogen-bond acceptors (Lipinski definition) is 3. The third-order valence-corrected chi connectivity index (χ3v) is 3.96. The molecule has 0 bridgehead atoms. The highest BCUT2D eigenvalue weighted by Gasteiger charge is 2.27. The van der Waals surface area contributed by atoms with E-state index in [-0.39, 0.29) is 6.61 Å². The first-order valence-electron chi connectivity index (χ1n) is 8.09. The van der Waals surface area contributed by atoms with Crippen molar-refractivity contribution in [3.05, 3.63) is 22.4 Å². The Hall–Kier alpha value is -1.28. The number of nitrogens with zero attached hydrogens (tertiary/aromatic N) is 1. The molecule has 0 radical (unpaired) electrons. The van der Waals surface area contributed by atoms with Crippen LogP contribution in [0.1, 0.15) is 25.1 Å². The molecule has 1 atom stereocenters. The molecule has 4 nitrogen and oxygen atoms in total. The minimum Gasteiger partial charge on any atom is -0.372 e. The second kappa shape index (κ2) is 11.3. The zero-order chi connectivity index (χ0) is 17.8. The lowest BCUT2D eigenvalue weighted by atomic mass is 10.1. The molecule has 24 heavy (non-hydrogen) atoms. The molecule has 1 aromatic heterocycles. The SMILES string of the molecule is CCNC(=NCC(C)Cc1cccs1)NCCCOCC(F)(F)F. The fourth-order valence-electron chi connectivity index (χ4n) is 1.99. The second-order valence-corrected chi connectivity index (χ2v) is 6.59. The van der Waals surface area contributed by atoms with Crippen LogP contribution in [0, 0.1) is 5.92 Å². The van der Waals surface area contributed by atoms with E-state index in [0.717, 1.165) is 13.0 Å². The molecule has 0 aromatic carbocycles. The first-order chi connectivity index (χ1) is 11.4. The third kappa shape index (κ3) is 10.5. The molecule has 0 aliphatic carbocycles. The van der Waals surface area contributed by atoms with Crippen molar-refractivity contribution < 1.29 is 17.9 Å². The van der Waals surface area contributed by atoms with Gasteiger partial charge in [-0.15, -0.1) is 11.3 Å². The van der Waals surface area contributed by atoms with Crippen LogP contribution >= 0.6 is 11.3 Å². The van der Waals surface area contributed by atoms with Crippen LogP contribution in [-0.4, -0.2) is 45.0 Å². The van der Waals surface area contributed by atoms with E-state index in [1.165, 1.54) is 4.88 Å². The van der Waals surface area contributed by atoms with Gasteiger partial charge in [0.25, 0.3) is 0 Å². The van der Waals surface area contributed by atoms with Crippen molar-refractivity contribution in [1.29, 1.82) is 0 Å². The highest BCUT2D eigenvalue weighted by molar-refractivity contribution is 7.09. The quantitative estimate of drug-likeness (QED) is 0.379. The lowest BCUT2D eigenvalue weighted by Crippen LogP contribution is -2.38. The monoisotopic (exact) mass is 365 g/mol. The Labute approximate surface area is 145 Å². The molecule has 0 amide bonds. The Morgan fingerprint density at radius 3 is 2.79 bits per heavy atom. The smallest absolute Gasteiger partial charge is 0.372 e. The number of thiophene rings is 1. The van der Waals surface area contributed by atoms with Crippen LogP contribution in [0.15, 0.2) is 22.5 Å². The summed E-state index contributed by atoms with van der Waals surface area (Å²) in [6, 6.07) is 4.16. The number of guanidine groups is 1. The molecule has 0 spiro atoms. The predicted octanol–water partition coefficient (Wildman–Crippen LogP) is 3.45. The molecule has 1 rings (SSSR count). The predicted molar refractivity (Wildman–Crippen MR) is 92.7 cm³/mol. The van der Waals surface area contributed by atoms with Gasteiger partial charge in [0, 0.05) is 31.1 Å². The fraction of sp³-hybridized carbons (Fsp3) is 0.688. The number of alkyl halides is 3. The van der Waals surface area contributed by atoms with Gasteiger partial charge in [0.2, 0.25) is 0 Å². The number of ether oxygens (including phenoxy) is 1. The molecule has 1 unspecified atom stereocenters. The van der Waals surface area contributed by atoms with Gasteiger partial charge < -0.3 is 15.4 Å². The summed E-state index contributed by atoms with van der Waals surface area (Å²) in [6.07, 6.45) is -2.78. The van der Waals surface area contributed by atoms with Gasteiger partial charge in [0.1, 0.15) is 6.61 Å². The lowest BCUT2D eigenvalue weighted by molar-refractivity contribution is -0.173. The molecule has 0 saturated heterocycles. The third-order valence-electron chi connectivity index (χ3n) is 3.06. The molecule has 1 aromatic rings. The Morgan fingerprint density at radius 2 is 2.17 bits per heavy atom. The van der Waals surface area contributed by atoms with E-state index in [1.807, 2.05) is 13.0 Å². The topological polar surface area (TPSA) is 45.7 Å². The zero-order valence-corrected chi connectivity index (χ0v) is 15.0. The molecule has 0 saturated carbocycles. The molecule has 138 valence electrons. The van der Waals surface area contributed by atoms with Crippen LogP contribution in [-0.2, 0) is 11.2 Å². The fourth-order valence-corrected chi connectivity index (χ4v) is 2.86. The standard InChI is InChI=1S/C16H26F3N3OS/c1-3-20-15(21-7-5-8-23-12-16(17,18)19)22-11-13(2)10-14-6-4-9-24-14/h4,6,9,13H,3,5,7-8,10-12H2,1-2H3,(H2,20,21,22). The molecular formula is C16H26F3N3OS. The van der Waals surface area contributed by atoms with Gasteiger partial charge in [-0.1, -0.05) is 13.0 Å². The Balaban J connectivity index is 2.24. The number of rotatable bonds is 10. The molecule has 1 heterocycles. The van der Waals surface area contributed by atoms with Gasteiger partial charge in [-0.25, -0.2) is 0 Å². The minimum absolute atomic E-state index is 0.0701. The van der Waals surface area contributed by atoms with Crippen LogP contribution in [0.3, 0.4) is 0 Å². The van der Waals surface area contributed by atoms with Crippen molar-refractivity contribution in [1.82, 2.24) is 10.6 Å². The minimum atomic E-state index is -4.26. The van der Waals surface area contributed by atoms with Crippen molar-refractivity contribution >= 4 is 17.3 Å². The van der Waals surface area contributed by atoms with Gasteiger partial charge >= 0.3 is 6.18 Å². The van der Waals surface area contributed by atoms with Gasteiger partial charge in [0.05, 0.1) is 0 Å². The van der Waals surface area contributed by atoms with E-state index in [4.69, 9.17) is 0 Å². The summed E-state index contributed by atoms with van der Waals surface area (Å²) in [6.45, 7) is 4.94. The number of hydrogen-bond donors (Lipinski definition) is 2. The molecular weight excluding hydrogens is 339 g/mol. The van der Waals surface area contributed by atoms with E-state index >= 15 is 0 Å². The molecule has 8 heteroatoms. The van der Waals surface area contributed by atoms with Crippen molar-refractivity contribution in [3.8, 4) is 0 Å². The van der Waals surface area contributed by atoms with Crippen LogP contribution in [0.2, 0.25) is 0 Å². The van der Waals surface area contributed by atoms with Crippen LogP contribution in [0.25, 0.3) is 0 Å². The largest absolute Gasteiger partial charge is 0.411 e. The normalized spacial score (nSPS) is 13.8. The maximum absolute atomic E-state index is 11.9. The van der Waals surface area contributed by atoms with E-state index in [9.17, 15) is 13.2 Å². The van der Waals surface area contributed by atoms with Crippen LogP contribution < -0.4 is 10.6 Å². The van der Waals surface area contributed by atoms with E-state index in [0.29, 0.717) is 31.4 Å². The van der Waals surface area contributed by atoms with Gasteiger partial charge in [-0.05, 0) is 37.1 Å². The summed E-state index contributed by atoms with van der Waals surface area (Å²) >= 11 is 1.75. The Morgan fingerprint density at radius 1 is 1.38 bits per heavy atom. The van der Waals surface area contributed by atoms with Gasteiger partial charge in [0.15, 0.2) is 5.96 Å². The Bertz CT molecular complexity index is 464. The highest BCUT2D eigenvalue weighted by atomic mass is 32.1. The average Bonchev–Trinajstić information content (AvgIpc) is 3.00. The summed E-state index contributed by atoms with van der Waals surface area (Å²) in [4.78, 5) is 5.87. The molecule has 0 aliphatic rings. The maximum Gasteiger partial charge on any atom is 0.411 e.